The molecule has 0 radical (unpaired) electrons. The molecule has 0 unspecified atom stereocenters. The highest BCUT2D eigenvalue weighted by atomic mass is 32.1. The summed E-state index contributed by atoms with van der Waals surface area (Å²) in [6.07, 6.45) is 0. The quantitative estimate of drug-likeness (QED) is 0.816. The molecular weight excluding hydrogens is 242 g/mol. The molecule has 0 aromatic heterocycles. The zero-order chi connectivity index (χ0) is 13.1. The van der Waals surface area contributed by atoms with E-state index in [1.807, 2.05) is 43.3 Å². The van der Waals surface area contributed by atoms with E-state index in [-0.39, 0.29) is 5.91 Å². The third-order valence-electron chi connectivity index (χ3n) is 2.84. The molecule has 1 amide bonds. The summed E-state index contributed by atoms with van der Waals surface area (Å²) in [5.41, 5.74) is 2.73. The van der Waals surface area contributed by atoms with Gasteiger partial charge in [0.15, 0.2) is 0 Å². The van der Waals surface area contributed by atoms with Crippen LogP contribution in [0.25, 0.3) is 0 Å². The molecule has 0 aliphatic rings. The van der Waals surface area contributed by atoms with E-state index in [1.54, 1.807) is 24.1 Å². The summed E-state index contributed by atoms with van der Waals surface area (Å²) in [6.45, 7) is 2.02. The number of thiol groups is 1. The largest absolute Gasteiger partial charge is 0.311 e. The van der Waals surface area contributed by atoms with Crippen LogP contribution < -0.4 is 4.90 Å². The Balaban J connectivity index is 2.23. The predicted molar refractivity (Wildman–Crippen MR) is 77.6 cm³/mol. The summed E-state index contributed by atoms with van der Waals surface area (Å²) >= 11 is 4.21. The fourth-order valence-electron chi connectivity index (χ4n) is 1.68. The summed E-state index contributed by atoms with van der Waals surface area (Å²) in [5.74, 6) is -0.0211. The molecule has 2 rings (SSSR count). The Morgan fingerprint density at radius 3 is 2.11 bits per heavy atom. The zero-order valence-electron chi connectivity index (χ0n) is 10.4. The number of amides is 1. The number of benzene rings is 2. The van der Waals surface area contributed by atoms with Gasteiger partial charge < -0.3 is 4.90 Å². The molecule has 0 saturated heterocycles. The molecule has 0 spiro atoms. The number of nitrogens with zero attached hydrogens (tertiary/aromatic N) is 1. The van der Waals surface area contributed by atoms with Gasteiger partial charge in [0.2, 0.25) is 0 Å². The molecule has 92 valence electrons. The smallest absolute Gasteiger partial charge is 0.258 e. The lowest BCUT2D eigenvalue weighted by Crippen LogP contribution is -2.26. The second kappa shape index (κ2) is 5.27. The van der Waals surface area contributed by atoms with Crippen LogP contribution in [0.3, 0.4) is 0 Å². The van der Waals surface area contributed by atoms with Crippen LogP contribution in [0, 0.1) is 6.92 Å². The van der Waals surface area contributed by atoms with E-state index < -0.39 is 0 Å². The van der Waals surface area contributed by atoms with Crippen molar-refractivity contribution in [3.8, 4) is 0 Å². The number of hydrogen-bond donors (Lipinski definition) is 1. The molecule has 0 fully saturated rings. The summed E-state index contributed by atoms with van der Waals surface area (Å²) in [6, 6.07) is 15.1. The average Bonchev–Trinajstić information content (AvgIpc) is 2.39. The summed E-state index contributed by atoms with van der Waals surface area (Å²) in [5, 5.41) is 0. The number of aryl methyl sites for hydroxylation is 1. The molecular formula is C15H15NOS. The highest BCUT2D eigenvalue weighted by Gasteiger charge is 2.12. The second-order valence-corrected chi connectivity index (χ2v) is 4.76. The van der Waals surface area contributed by atoms with Gasteiger partial charge in [-0.05, 0) is 43.3 Å². The van der Waals surface area contributed by atoms with Gasteiger partial charge in [-0.15, -0.1) is 12.6 Å². The fourth-order valence-corrected chi connectivity index (χ4v) is 1.83. The normalized spacial score (nSPS) is 10.2. The number of anilines is 1. The molecule has 18 heavy (non-hydrogen) atoms. The Kier molecular flexibility index (Phi) is 3.72. The van der Waals surface area contributed by atoms with Gasteiger partial charge in [0.1, 0.15) is 0 Å². The maximum Gasteiger partial charge on any atom is 0.258 e. The molecule has 0 heterocycles. The van der Waals surface area contributed by atoms with Crippen molar-refractivity contribution in [2.24, 2.45) is 0 Å². The summed E-state index contributed by atoms with van der Waals surface area (Å²) < 4.78 is 0. The molecule has 2 aromatic carbocycles. The van der Waals surface area contributed by atoms with E-state index in [0.717, 1.165) is 10.6 Å². The van der Waals surface area contributed by atoms with E-state index in [1.165, 1.54) is 5.56 Å². The number of carbonyl (C=O) groups is 1. The highest BCUT2D eigenvalue weighted by molar-refractivity contribution is 7.80. The van der Waals surface area contributed by atoms with E-state index >= 15 is 0 Å². The first-order chi connectivity index (χ1) is 8.58. The lowest BCUT2D eigenvalue weighted by atomic mass is 10.1. The molecule has 2 aromatic rings. The van der Waals surface area contributed by atoms with Crippen molar-refractivity contribution in [1.29, 1.82) is 0 Å². The average molecular weight is 257 g/mol. The first-order valence-electron chi connectivity index (χ1n) is 5.71. The van der Waals surface area contributed by atoms with E-state index in [0.29, 0.717) is 5.56 Å². The Morgan fingerprint density at radius 1 is 1.00 bits per heavy atom. The SMILES string of the molecule is Cc1ccc(N(C)C(=O)c2ccc(S)cc2)cc1. The Morgan fingerprint density at radius 2 is 1.56 bits per heavy atom. The standard InChI is InChI=1S/C15H15NOS/c1-11-3-7-13(8-4-11)16(2)15(17)12-5-9-14(18)10-6-12/h3-10,18H,1-2H3. The first kappa shape index (κ1) is 12.7. The maximum absolute atomic E-state index is 12.2. The van der Waals surface area contributed by atoms with Gasteiger partial charge in [0, 0.05) is 23.2 Å². The van der Waals surface area contributed by atoms with Gasteiger partial charge in [-0.25, -0.2) is 0 Å². The van der Waals surface area contributed by atoms with Gasteiger partial charge in [-0.1, -0.05) is 17.7 Å². The van der Waals surface area contributed by atoms with Crippen molar-refractivity contribution < 1.29 is 4.79 Å². The number of hydrogen-bond acceptors (Lipinski definition) is 2. The van der Waals surface area contributed by atoms with Gasteiger partial charge in [0.25, 0.3) is 5.91 Å². The van der Waals surface area contributed by atoms with E-state index in [2.05, 4.69) is 12.6 Å². The van der Waals surface area contributed by atoms with Crippen LogP contribution in [0.1, 0.15) is 15.9 Å². The van der Waals surface area contributed by atoms with Crippen LogP contribution in [0.2, 0.25) is 0 Å². The molecule has 0 aliphatic carbocycles. The fraction of sp³-hybridized carbons (Fsp3) is 0.133. The third kappa shape index (κ3) is 2.74. The molecule has 2 nitrogen and oxygen atoms in total. The second-order valence-electron chi connectivity index (χ2n) is 4.25. The molecule has 0 bridgehead atoms. The molecule has 3 heteroatoms. The van der Waals surface area contributed by atoms with Crippen molar-refractivity contribution in [2.45, 2.75) is 11.8 Å². The van der Waals surface area contributed by atoms with Crippen LogP contribution in [0.4, 0.5) is 5.69 Å². The van der Waals surface area contributed by atoms with Gasteiger partial charge in [0.05, 0.1) is 0 Å². The lowest BCUT2D eigenvalue weighted by Gasteiger charge is -2.17. The minimum absolute atomic E-state index is 0.0211. The topological polar surface area (TPSA) is 20.3 Å². The molecule has 0 saturated carbocycles. The minimum atomic E-state index is -0.0211. The van der Waals surface area contributed by atoms with Gasteiger partial charge in [-0.2, -0.15) is 0 Å². The Labute approximate surface area is 113 Å². The zero-order valence-corrected chi connectivity index (χ0v) is 11.3. The Bertz CT molecular complexity index is 546. The number of rotatable bonds is 2. The van der Waals surface area contributed by atoms with Crippen molar-refractivity contribution in [2.75, 3.05) is 11.9 Å². The highest BCUT2D eigenvalue weighted by Crippen LogP contribution is 2.17. The van der Waals surface area contributed by atoms with Crippen LogP contribution in [-0.2, 0) is 0 Å². The van der Waals surface area contributed by atoms with Crippen molar-refractivity contribution in [3.05, 3.63) is 59.7 Å². The van der Waals surface area contributed by atoms with Crippen LogP contribution in [0.15, 0.2) is 53.4 Å². The summed E-state index contributed by atoms with van der Waals surface area (Å²) in [4.78, 5) is 14.7. The van der Waals surface area contributed by atoms with Crippen molar-refractivity contribution >= 4 is 24.2 Å². The summed E-state index contributed by atoms with van der Waals surface area (Å²) in [7, 11) is 1.78. The van der Waals surface area contributed by atoms with E-state index in [4.69, 9.17) is 0 Å². The van der Waals surface area contributed by atoms with Crippen LogP contribution >= 0.6 is 12.6 Å². The first-order valence-corrected chi connectivity index (χ1v) is 6.16. The predicted octanol–water partition coefficient (Wildman–Crippen LogP) is 3.56. The van der Waals surface area contributed by atoms with Crippen molar-refractivity contribution in [1.82, 2.24) is 0 Å². The molecule has 0 atom stereocenters. The third-order valence-corrected chi connectivity index (χ3v) is 3.14. The van der Waals surface area contributed by atoms with Gasteiger partial charge in [-0.3, -0.25) is 4.79 Å². The van der Waals surface area contributed by atoms with Crippen LogP contribution in [-0.4, -0.2) is 13.0 Å². The van der Waals surface area contributed by atoms with Crippen LogP contribution in [0.5, 0.6) is 0 Å². The van der Waals surface area contributed by atoms with Gasteiger partial charge >= 0.3 is 0 Å². The maximum atomic E-state index is 12.2. The minimum Gasteiger partial charge on any atom is -0.311 e. The molecule has 0 aliphatic heterocycles. The van der Waals surface area contributed by atoms with E-state index in [9.17, 15) is 4.79 Å². The molecule has 0 N–H and O–H groups in total. The lowest BCUT2D eigenvalue weighted by molar-refractivity contribution is 0.0993. The number of carbonyl (C=O) groups excluding carboxylic acids is 1. The van der Waals surface area contributed by atoms with Crippen molar-refractivity contribution in [3.63, 3.8) is 0 Å². The Hall–Kier alpha value is -1.74. The monoisotopic (exact) mass is 257 g/mol.